The van der Waals surface area contributed by atoms with Crippen LogP contribution in [-0.2, 0) is 11.2 Å². The number of amides is 1. The smallest absolute Gasteiger partial charge is 0.410 e. The van der Waals surface area contributed by atoms with Crippen molar-refractivity contribution in [1.29, 1.82) is 0 Å². The van der Waals surface area contributed by atoms with Gasteiger partial charge < -0.3 is 14.8 Å². The highest BCUT2D eigenvalue weighted by Crippen LogP contribution is 2.45. The fraction of sp³-hybridized carbons (Fsp3) is 0.640. The van der Waals surface area contributed by atoms with Crippen molar-refractivity contribution in [3.63, 3.8) is 0 Å². The number of allylic oxidation sites excluding steroid dienone is 1. The maximum absolute atomic E-state index is 12.1. The van der Waals surface area contributed by atoms with E-state index in [2.05, 4.69) is 44.3 Å². The Kier molecular flexibility index (Phi) is 6.29. The van der Waals surface area contributed by atoms with Crippen LogP contribution in [0.1, 0.15) is 58.4 Å². The van der Waals surface area contributed by atoms with E-state index in [1.165, 1.54) is 30.4 Å². The van der Waals surface area contributed by atoms with Crippen LogP contribution in [-0.4, -0.2) is 24.8 Å². The molecule has 0 aromatic heterocycles. The van der Waals surface area contributed by atoms with Crippen molar-refractivity contribution in [3.8, 4) is 5.75 Å². The topological polar surface area (TPSA) is 47.6 Å². The van der Waals surface area contributed by atoms with Crippen molar-refractivity contribution in [2.45, 2.75) is 71.4 Å². The molecular formula is C25H35NO3. The van der Waals surface area contributed by atoms with E-state index in [0.29, 0.717) is 29.4 Å². The van der Waals surface area contributed by atoms with Crippen LogP contribution in [0.25, 0.3) is 0 Å². The number of nitrogens with one attached hydrogen (secondary N) is 1. The zero-order chi connectivity index (χ0) is 20.4. The van der Waals surface area contributed by atoms with Gasteiger partial charge in [0, 0.05) is 12.0 Å². The molecule has 4 nitrogen and oxygen atoms in total. The number of hydrogen-bond donors (Lipinski definition) is 1. The third-order valence-electron chi connectivity index (χ3n) is 7.37. The van der Waals surface area contributed by atoms with E-state index in [9.17, 15) is 4.79 Å². The summed E-state index contributed by atoms with van der Waals surface area (Å²) >= 11 is 0. The summed E-state index contributed by atoms with van der Waals surface area (Å²) in [5.41, 5.74) is 2.71. The Morgan fingerprint density at radius 2 is 1.86 bits per heavy atom. The number of ether oxygens (including phenoxy) is 2. The van der Waals surface area contributed by atoms with Gasteiger partial charge >= 0.3 is 6.09 Å². The summed E-state index contributed by atoms with van der Waals surface area (Å²) in [6, 6.07) is 8.19. The highest BCUT2D eigenvalue weighted by atomic mass is 16.6. The summed E-state index contributed by atoms with van der Waals surface area (Å²) in [6.07, 6.45) is 9.01. The standard InChI is InChI=1S/C25H35NO3/c1-16-13-17(2)24-18(3)22(16)15-28-23(24)14-19-9-11-21(12-10-19)29-25(27)26-20-7-5-4-6-8-20/h9-13,16,18,20,22-24H,4-8,14-15H2,1-3H3,(H,26,27)/t16-,18-,22-,23-,24+/m1/s1. The molecule has 29 heavy (non-hydrogen) atoms. The molecule has 4 heteroatoms. The minimum Gasteiger partial charge on any atom is -0.410 e. The Labute approximate surface area is 175 Å². The second-order valence-corrected chi connectivity index (χ2v) is 9.41. The van der Waals surface area contributed by atoms with Gasteiger partial charge in [0.25, 0.3) is 0 Å². The molecule has 3 aliphatic rings. The van der Waals surface area contributed by atoms with Crippen molar-refractivity contribution < 1.29 is 14.3 Å². The van der Waals surface area contributed by atoms with Crippen LogP contribution in [0.4, 0.5) is 4.79 Å². The third kappa shape index (κ3) is 4.69. The van der Waals surface area contributed by atoms with Gasteiger partial charge in [-0.2, -0.15) is 0 Å². The summed E-state index contributed by atoms with van der Waals surface area (Å²) in [4.78, 5) is 12.1. The molecule has 1 aromatic carbocycles. The van der Waals surface area contributed by atoms with Gasteiger partial charge in [-0.3, -0.25) is 0 Å². The average molecular weight is 398 g/mol. The lowest BCUT2D eigenvalue weighted by atomic mass is 9.65. The summed E-state index contributed by atoms with van der Waals surface area (Å²) in [7, 11) is 0. The number of carbonyl (C=O) groups excluding carboxylic acids is 1. The Morgan fingerprint density at radius 1 is 1.14 bits per heavy atom. The molecule has 5 atom stereocenters. The van der Waals surface area contributed by atoms with Gasteiger partial charge in [-0.15, -0.1) is 0 Å². The molecule has 0 radical (unpaired) electrons. The van der Waals surface area contributed by atoms with Gasteiger partial charge in [0.2, 0.25) is 0 Å². The van der Waals surface area contributed by atoms with Crippen molar-refractivity contribution in [1.82, 2.24) is 5.32 Å². The van der Waals surface area contributed by atoms with Gasteiger partial charge in [-0.1, -0.05) is 56.9 Å². The molecule has 0 spiro atoms. The highest BCUT2D eigenvalue weighted by Gasteiger charge is 2.43. The van der Waals surface area contributed by atoms with E-state index >= 15 is 0 Å². The second-order valence-electron chi connectivity index (χ2n) is 9.41. The first kappa shape index (κ1) is 20.5. The summed E-state index contributed by atoms with van der Waals surface area (Å²) in [6.45, 7) is 7.82. The molecule has 1 N–H and O–H groups in total. The predicted molar refractivity (Wildman–Crippen MR) is 115 cm³/mol. The van der Waals surface area contributed by atoms with Crippen LogP contribution < -0.4 is 10.1 Å². The minimum absolute atomic E-state index is 0.228. The zero-order valence-electron chi connectivity index (χ0n) is 18.0. The van der Waals surface area contributed by atoms with Crippen LogP contribution in [0.15, 0.2) is 35.9 Å². The normalized spacial score (nSPS) is 32.4. The maximum Gasteiger partial charge on any atom is 0.412 e. The molecule has 1 saturated heterocycles. The second kappa shape index (κ2) is 8.91. The summed E-state index contributed by atoms with van der Waals surface area (Å²) in [5.74, 6) is 3.02. The Hall–Kier alpha value is -1.81. The largest absolute Gasteiger partial charge is 0.412 e. The first-order chi connectivity index (χ1) is 14.0. The van der Waals surface area contributed by atoms with Gasteiger partial charge in [0.05, 0.1) is 12.7 Å². The zero-order valence-corrected chi connectivity index (χ0v) is 18.0. The lowest BCUT2D eigenvalue weighted by Crippen LogP contribution is -2.47. The predicted octanol–water partition coefficient (Wildman–Crippen LogP) is 5.51. The van der Waals surface area contributed by atoms with Crippen LogP contribution in [0, 0.1) is 23.7 Å². The Morgan fingerprint density at radius 3 is 2.59 bits per heavy atom. The Bertz CT molecular complexity index is 735. The van der Waals surface area contributed by atoms with Crippen molar-refractivity contribution in [2.24, 2.45) is 23.7 Å². The first-order valence-corrected chi connectivity index (χ1v) is 11.4. The van der Waals surface area contributed by atoms with E-state index in [4.69, 9.17) is 9.47 Å². The van der Waals surface area contributed by atoms with Crippen molar-refractivity contribution in [3.05, 3.63) is 41.5 Å². The fourth-order valence-corrected chi connectivity index (χ4v) is 5.74. The number of hydrogen-bond acceptors (Lipinski definition) is 3. The van der Waals surface area contributed by atoms with Crippen LogP contribution in [0.2, 0.25) is 0 Å². The molecule has 2 bridgehead atoms. The molecule has 0 unspecified atom stereocenters. The molecule has 158 valence electrons. The molecule has 1 aromatic rings. The van der Waals surface area contributed by atoms with E-state index in [1.807, 2.05) is 12.1 Å². The number of benzene rings is 1. The van der Waals surface area contributed by atoms with E-state index in [0.717, 1.165) is 25.9 Å². The van der Waals surface area contributed by atoms with E-state index in [1.54, 1.807) is 0 Å². The molecule has 1 saturated carbocycles. The van der Waals surface area contributed by atoms with Crippen molar-refractivity contribution >= 4 is 6.09 Å². The van der Waals surface area contributed by atoms with E-state index in [-0.39, 0.29) is 18.2 Å². The lowest BCUT2D eigenvalue weighted by molar-refractivity contribution is -0.0901. The van der Waals surface area contributed by atoms with E-state index < -0.39 is 0 Å². The molecule has 1 amide bonds. The van der Waals surface area contributed by atoms with Crippen LogP contribution in [0.3, 0.4) is 0 Å². The van der Waals surface area contributed by atoms with Crippen molar-refractivity contribution in [2.75, 3.05) is 6.61 Å². The third-order valence-corrected chi connectivity index (χ3v) is 7.37. The summed E-state index contributed by atoms with van der Waals surface area (Å²) in [5, 5.41) is 3.00. The summed E-state index contributed by atoms with van der Waals surface area (Å²) < 4.78 is 11.8. The molecule has 1 heterocycles. The quantitative estimate of drug-likeness (QED) is 0.681. The molecule has 2 fully saturated rings. The van der Waals surface area contributed by atoms with Crippen LogP contribution in [0.5, 0.6) is 5.75 Å². The van der Waals surface area contributed by atoms with Gasteiger partial charge in [0.1, 0.15) is 5.75 Å². The SMILES string of the molecule is CC1=C[C@@H](C)[C@H]2CO[C@H](Cc3ccc(OC(=O)NC4CCCCC4)cc3)[C@@H]1[C@@H]2C. The molecule has 2 aliphatic carbocycles. The Balaban J connectivity index is 1.33. The number of rotatable bonds is 4. The average Bonchev–Trinajstić information content (AvgIpc) is 2.69. The monoisotopic (exact) mass is 397 g/mol. The van der Waals surface area contributed by atoms with Gasteiger partial charge in [0.15, 0.2) is 0 Å². The first-order valence-electron chi connectivity index (χ1n) is 11.4. The van der Waals surface area contributed by atoms with Gasteiger partial charge in [-0.05, 0) is 61.6 Å². The lowest BCUT2D eigenvalue weighted by Gasteiger charge is -2.47. The fourth-order valence-electron chi connectivity index (χ4n) is 5.74. The maximum atomic E-state index is 12.1. The highest BCUT2D eigenvalue weighted by molar-refractivity contribution is 5.70. The number of carbonyl (C=O) groups is 1. The molecule has 4 rings (SSSR count). The molecular weight excluding hydrogens is 362 g/mol. The molecule has 1 aliphatic heterocycles. The van der Waals surface area contributed by atoms with Crippen LogP contribution >= 0.6 is 0 Å². The minimum atomic E-state index is -0.336. The number of fused-ring (bicyclic) bond motifs is 2. The van der Waals surface area contributed by atoms with Gasteiger partial charge in [-0.25, -0.2) is 4.79 Å².